The number of aryl methyl sites for hydroxylation is 2. The van der Waals surface area contributed by atoms with Crippen molar-refractivity contribution in [2.24, 2.45) is 7.05 Å². The maximum absolute atomic E-state index is 15.3. The number of benzene rings is 1. The van der Waals surface area contributed by atoms with Gasteiger partial charge in [-0.3, -0.25) is 9.59 Å². The molecule has 0 aliphatic rings. The number of alkyl carbamates (subject to hydrolysis) is 1. The zero-order valence-corrected chi connectivity index (χ0v) is 21.0. The first-order chi connectivity index (χ1) is 15.8. The highest BCUT2D eigenvalue weighted by Crippen LogP contribution is 2.33. The lowest BCUT2D eigenvalue weighted by Gasteiger charge is -2.24. The summed E-state index contributed by atoms with van der Waals surface area (Å²) >= 11 is 0. The SMILES string of the molecule is CCOC(=O)CC(NC(=O)OC(C)(C)C)c1cc(-c2c(OC)cc(C)n(C)c2=O)cc(C)c1F. The lowest BCUT2D eigenvalue weighted by molar-refractivity contribution is -0.143. The average molecular weight is 477 g/mol. The summed E-state index contributed by atoms with van der Waals surface area (Å²) in [5.41, 5.74) is 0.470. The molecule has 2 aromatic rings. The monoisotopic (exact) mass is 476 g/mol. The summed E-state index contributed by atoms with van der Waals surface area (Å²) in [6, 6.07) is 3.60. The molecule has 9 heteroatoms. The largest absolute Gasteiger partial charge is 0.496 e. The van der Waals surface area contributed by atoms with Crippen LogP contribution in [0, 0.1) is 19.7 Å². The van der Waals surface area contributed by atoms with E-state index in [1.807, 2.05) is 0 Å². The number of pyridine rings is 1. The average Bonchev–Trinajstić information content (AvgIpc) is 2.72. The van der Waals surface area contributed by atoms with Gasteiger partial charge in [0.1, 0.15) is 17.2 Å². The van der Waals surface area contributed by atoms with Gasteiger partial charge in [0.25, 0.3) is 5.56 Å². The van der Waals surface area contributed by atoms with Crippen LogP contribution in [0.1, 0.15) is 57.0 Å². The molecule has 0 fully saturated rings. The van der Waals surface area contributed by atoms with Gasteiger partial charge in [-0.05, 0) is 64.8 Å². The minimum atomic E-state index is -1.09. The Bertz CT molecular complexity index is 1130. The zero-order valence-electron chi connectivity index (χ0n) is 21.0. The molecule has 0 spiro atoms. The third-order valence-electron chi connectivity index (χ3n) is 5.17. The molecule has 0 aliphatic carbocycles. The number of hydrogen-bond acceptors (Lipinski definition) is 6. The van der Waals surface area contributed by atoms with Crippen molar-refractivity contribution in [1.29, 1.82) is 0 Å². The van der Waals surface area contributed by atoms with E-state index < -0.39 is 29.5 Å². The van der Waals surface area contributed by atoms with Crippen LogP contribution in [0.4, 0.5) is 9.18 Å². The van der Waals surface area contributed by atoms with Gasteiger partial charge in [0, 0.05) is 24.4 Å². The van der Waals surface area contributed by atoms with Gasteiger partial charge in [-0.15, -0.1) is 0 Å². The van der Waals surface area contributed by atoms with Crippen molar-refractivity contribution in [3.8, 4) is 16.9 Å². The van der Waals surface area contributed by atoms with Crippen LogP contribution in [0.3, 0.4) is 0 Å². The Kier molecular flexibility index (Phi) is 8.47. The fourth-order valence-electron chi connectivity index (χ4n) is 3.49. The van der Waals surface area contributed by atoms with Gasteiger partial charge in [-0.25, -0.2) is 9.18 Å². The molecule has 34 heavy (non-hydrogen) atoms. The van der Waals surface area contributed by atoms with Crippen molar-refractivity contribution in [2.45, 2.75) is 59.6 Å². The van der Waals surface area contributed by atoms with Crippen molar-refractivity contribution in [1.82, 2.24) is 9.88 Å². The minimum absolute atomic E-state index is 0.0265. The quantitative estimate of drug-likeness (QED) is 0.598. The first-order valence-corrected chi connectivity index (χ1v) is 11.0. The van der Waals surface area contributed by atoms with Gasteiger partial charge in [0.05, 0.1) is 31.7 Å². The van der Waals surface area contributed by atoms with Crippen LogP contribution in [0.5, 0.6) is 5.75 Å². The summed E-state index contributed by atoms with van der Waals surface area (Å²) in [4.78, 5) is 37.8. The highest BCUT2D eigenvalue weighted by atomic mass is 19.1. The van der Waals surface area contributed by atoms with E-state index in [1.54, 1.807) is 54.7 Å². The maximum Gasteiger partial charge on any atom is 0.408 e. The van der Waals surface area contributed by atoms with Crippen LogP contribution in [-0.2, 0) is 21.3 Å². The third-order valence-corrected chi connectivity index (χ3v) is 5.17. The lowest BCUT2D eigenvalue weighted by Crippen LogP contribution is -2.36. The second-order valence-corrected chi connectivity index (χ2v) is 9.00. The summed E-state index contributed by atoms with van der Waals surface area (Å²) in [6.45, 7) is 10.2. The summed E-state index contributed by atoms with van der Waals surface area (Å²) in [5, 5.41) is 2.57. The van der Waals surface area contributed by atoms with Crippen molar-refractivity contribution in [2.75, 3.05) is 13.7 Å². The van der Waals surface area contributed by atoms with E-state index >= 15 is 4.39 Å². The molecule has 1 unspecified atom stereocenters. The Balaban J connectivity index is 2.67. The Hall–Kier alpha value is -3.36. The number of esters is 1. The number of methoxy groups -OCH3 is 1. The number of rotatable bonds is 7. The predicted octanol–water partition coefficient (Wildman–Crippen LogP) is 4.34. The van der Waals surface area contributed by atoms with Gasteiger partial charge < -0.3 is 24.1 Å². The van der Waals surface area contributed by atoms with E-state index in [-0.39, 0.29) is 35.3 Å². The molecule has 186 valence electrons. The van der Waals surface area contributed by atoms with Gasteiger partial charge >= 0.3 is 12.1 Å². The normalized spacial score (nSPS) is 12.1. The third kappa shape index (κ3) is 6.36. The second-order valence-electron chi connectivity index (χ2n) is 9.00. The molecule has 0 saturated heterocycles. The smallest absolute Gasteiger partial charge is 0.408 e. The van der Waals surface area contributed by atoms with Crippen molar-refractivity contribution in [3.05, 3.63) is 51.2 Å². The molecule has 0 saturated carbocycles. The van der Waals surface area contributed by atoms with E-state index in [1.165, 1.54) is 23.8 Å². The number of carbonyl (C=O) groups excluding carboxylic acids is 2. The number of aromatic nitrogens is 1. The zero-order chi connectivity index (χ0) is 25.8. The van der Waals surface area contributed by atoms with Crippen molar-refractivity contribution >= 4 is 12.1 Å². The van der Waals surface area contributed by atoms with Crippen LogP contribution in [0.15, 0.2) is 23.0 Å². The Morgan fingerprint density at radius 3 is 2.38 bits per heavy atom. The molecule has 0 aliphatic heterocycles. The summed E-state index contributed by atoms with van der Waals surface area (Å²) in [6.07, 6.45) is -1.14. The molecule has 8 nitrogen and oxygen atoms in total. The molecule has 1 amide bonds. The molecule has 2 rings (SSSR count). The van der Waals surface area contributed by atoms with E-state index in [0.29, 0.717) is 17.0 Å². The molecule has 1 aromatic carbocycles. The Labute approximate surface area is 199 Å². The Morgan fingerprint density at radius 2 is 1.82 bits per heavy atom. The van der Waals surface area contributed by atoms with Gasteiger partial charge in [-0.2, -0.15) is 0 Å². The van der Waals surface area contributed by atoms with Crippen LogP contribution < -0.4 is 15.6 Å². The highest BCUT2D eigenvalue weighted by molar-refractivity contribution is 5.75. The molecule has 1 heterocycles. The molecule has 1 aromatic heterocycles. The number of nitrogens with one attached hydrogen (secondary N) is 1. The number of hydrogen-bond donors (Lipinski definition) is 1. The summed E-state index contributed by atoms with van der Waals surface area (Å²) < 4.78 is 32.6. The van der Waals surface area contributed by atoms with Gasteiger partial charge in [0.15, 0.2) is 0 Å². The molecule has 0 radical (unpaired) electrons. The molecule has 1 N–H and O–H groups in total. The van der Waals surface area contributed by atoms with Gasteiger partial charge in [0.2, 0.25) is 0 Å². The standard InChI is InChI=1S/C25H33FN2O6/c1-9-33-20(29)13-18(27-24(31)34-25(4,5)6)17-12-16(10-14(2)22(17)26)21-19(32-8)11-15(3)28(7)23(21)30/h10-12,18H,9,13H2,1-8H3,(H,27,31). The van der Waals surface area contributed by atoms with Crippen molar-refractivity contribution in [3.63, 3.8) is 0 Å². The van der Waals surface area contributed by atoms with E-state index in [9.17, 15) is 14.4 Å². The fourth-order valence-corrected chi connectivity index (χ4v) is 3.49. The lowest BCUT2D eigenvalue weighted by atomic mass is 9.94. The molecule has 0 bridgehead atoms. The van der Waals surface area contributed by atoms with Crippen LogP contribution in [-0.4, -0.2) is 35.9 Å². The second kappa shape index (κ2) is 10.7. The predicted molar refractivity (Wildman–Crippen MR) is 126 cm³/mol. The Morgan fingerprint density at radius 1 is 1.18 bits per heavy atom. The van der Waals surface area contributed by atoms with Crippen LogP contribution in [0.2, 0.25) is 0 Å². The highest BCUT2D eigenvalue weighted by Gasteiger charge is 2.27. The first kappa shape index (κ1) is 26.9. The van der Waals surface area contributed by atoms with Gasteiger partial charge in [-0.1, -0.05) is 0 Å². The number of ether oxygens (including phenoxy) is 3. The number of carbonyl (C=O) groups is 2. The fraction of sp³-hybridized carbons (Fsp3) is 0.480. The molecular weight excluding hydrogens is 443 g/mol. The van der Waals surface area contributed by atoms with Crippen LogP contribution in [0.25, 0.3) is 11.1 Å². The van der Waals surface area contributed by atoms with E-state index in [0.717, 1.165) is 0 Å². The first-order valence-electron chi connectivity index (χ1n) is 11.0. The van der Waals surface area contributed by atoms with Crippen LogP contribution >= 0.6 is 0 Å². The summed E-state index contributed by atoms with van der Waals surface area (Å²) in [7, 11) is 3.08. The number of nitrogens with zero attached hydrogens (tertiary/aromatic N) is 1. The van der Waals surface area contributed by atoms with Crippen molar-refractivity contribution < 1.29 is 28.2 Å². The molecule has 1 atom stereocenters. The van der Waals surface area contributed by atoms with E-state index in [2.05, 4.69) is 5.32 Å². The minimum Gasteiger partial charge on any atom is -0.496 e. The maximum atomic E-state index is 15.3. The van der Waals surface area contributed by atoms with E-state index in [4.69, 9.17) is 14.2 Å². The molecular formula is C25H33FN2O6. The summed E-state index contributed by atoms with van der Waals surface area (Å²) in [5.74, 6) is -0.897. The topological polar surface area (TPSA) is 95.9 Å². The number of halogens is 1. The number of amides is 1.